The van der Waals surface area contributed by atoms with E-state index in [2.05, 4.69) is 5.73 Å². The minimum Gasteiger partial charge on any atom is -0.387 e. The zero-order chi connectivity index (χ0) is 5.72. The van der Waals surface area contributed by atoms with Crippen molar-refractivity contribution < 1.29 is 10.8 Å². The molecule has 0 amide bonds. The van der Waals surface area contributed by atoms with Crippen LogP contribution in [0.1, 0.15) is 12.8 Å². The van der Waals surface area contributed by atoms with E-state index in [-0.39, 0.29) is 6.10 Å². The third kappa shape index (κ3) is 0.446. The number of rotatable bonds is 0. The van der Waals surface area contributed by atoms with E-state index in [0.717, 1.165) is 5.92 Å². The van der Waals surface area contributed by atoms with E-state index < -0.39 is 0 Å². The average Bonchev–Trinajstić information content (AvgIpc) is 2.39. The summed E-state index contributed by atoms with van der Waals surface area (Å²) in [7, 11) is 0. The lowest BCUT2D eigenvalue weighted by Gasteiger charge is -2.06. The van der Waals surface area contributed by atoms with Crippen LogP contribution in [0.5, 0.6) is 0 Å². The largest absolute Gasteiger partial charge is 0.387 e. The first-order valence-corrected chi connectivity index (χ1v) is 3.30. The number of quaternary nitrogens is 1. The topological polar surface area (TPSA) is 47.9 Å². The lowest BCUT2D eigenvalue weighted by Crippen LogP contribution is -2.65. The smallest absolute Gasteiger partial charge is 0.111 e. The van der Waals surface area contributed by atoms with Crippen LogP contribution in [0.25, 0.3) is 0 Å². The highest BCUT2D eigenvalue weighted by molar-refractivity contribution is 5.01. The number of fused-ring (bicyclic) bond motifs is 1. The van der Waals surface area contributed by atoms with Gasteiger partial charge in [-0.3, -0.25) is 0 Å². The molecule has 46 valence electrons. The Morgan fingerprint density at radius 2 is 2.12 bits per heavy atom. The zero-order valence-corrected chi connectivity index (χ0v) is 4.88. The second-order valence-corrected chi connectivity index (χ2v) is 3.15. The lowest BCUT2D eigenvalue weighted by atomic mass is 10.1. The monoisotopic (exact) mass is 114 g/mol. The summed E-state index contributed by atoms with van der Waals surface area (Å²) >= 11 is 0. The summed E-state index contributed by atoms with van der Waals surface area (Å²) in [5.74, 6) is 1.50. The molecule has 0 aromatic rings. The van der Waals surface area contributed by atoms with Crippen LogP contribution in [0.4, 0.5) is 0 Å². The molecule has 0 saturated heterocycles. The van der Waals surface area contributed by atoms with Gasteiger partial charge >= 0.3 is 0 Å². The van der Waals surface area contributed by atoms with Crippen molar-refractivity contribution in [1.29, 1.82) is 0 Å². The van der Waals surface area contributed by atoms with E-state index in [0.29, 0.717) is 12.0 Å². The summed E-state index contributed by atoms with van der Waals surface area (Å²) in [6.07, 6.45) is 2.39. The molecule has 2 fully saturated rings. The Kier molecular flexibility index (Phi) is 0.746. The molecule has 0 spiro atoms. The average molecular weight is 114 g/mol. The van der Waals surface area contributed by atoms with Crippen molar-refractivity contribution in [3.63, 3.8) is 0 Å². The molecule has 0 heterocycles. The maximum absolute atomic E-state index is 9.25. The van der Waals surface area contributed by atoms with E-state index in [9.17, 15) is 5.11 Å². The van der Waals surface area contributed by atoms with Gasteiger partial charge in [-0.25, -0.2) is 0 Å². The highest BCUT2D eigenvalue weighted by Crippen LogP contribution is 2.50. The molecule has 0 bridgehead atoms. The highest BCUT2D eigenvalue weighted by Gasteiger charge is 2.53. The van der Waals surface area contributed by atoms with Gasteiger partial charge < -0.3 is 10.8 Å². The molecule has 0 aliphatic heterocycles. The first-order chi connectivity index (χ1) is 3.79. The molecule has 4 atom stereocenters. The molecule has 2 rings (SSSR count). The fourth-order valence-electron chi connectivity index (χ4n) is 1.84. The van der Waals surface area contributed by atoms with Crippen LogP contribution in [0.2, 0.25) is 0 Å². The molecule has 0 aromatic heterocycles. The minimum atomic E-state index is -0.0556. The van der Waals surface area contributed by atoms with E-state index in [1.165, 1.54) is 12.8 Å². The van der Waals surface area contributed by atoms with Crippen LogP contribution < -0.4 is 5.73 Å². The molecular weight excluding hydrogens is 102 g/mol. The van der Waals surface area contributed by atoms with Gasteiger partial charge in [0.25, 0.3) is 0 Å². The Hall–Kier alpha value is -0.0800. The van der Waals surface area contributed by atoms with E-state index in [4.69, 9.17) is 0 Å². The van der Waals surface area contributed by atoms with Gasteiger partial charge in [-0.1, -0.05) is 0 Å². The molecule has 8 heavy (non-hydrogen) atoms. The molecule has 0 radical (unpaired) electrons. The predicted octanol–water partition coefficient (Wildman–Crippen LogP) is -1.00. The fraction of sp³-hybridized carbons (Fsp3) is 1.00. The normalized spacial score (nSPS) is 60.8. The third-order valence-corrected chi connectivity index (χ3v) is 2.50. The minimum absolute atomic E-state index is 0.0556. The third-order valence-electron chi connectivity index (χ3n) is 2.50. The van der Waals surface area contributed by atoms with Crippen LogP contribution in [-0.2, 0) is 0 Å². The van der Waals surface area contributed by atoms with Gasteiger partial charge in [0, 0.05) is 6.42 Å². The van der Waals surface area contributed by atoms with E-state index >= 15 is 0 Å². The first-order valence-electron chi connectivity index (χ1n) is 3.30. The van der Waals surface area contributed by atoms with Crippen molar-refractivity contribution >= 4 is 0 Å². The number of aliphatic hydroxyl groups is 1. The molecule has 2 nitrogen and oxygen atoms in total. The van der Waals surface area contributed by atoms with E-state index in [1.807, 2.05) is 0 Å². The maximum atomic E-state index is 9.25. The molecule has 2 aliphatic rings. The Balaban J connectivity index is 2.08. The standard InChI is InChI=1S/C6H11NO/c7-5-2-3-1-4(3)6(5)8/h3-6,8H,1-2,7H2/p+1. The van der Waals surface area contributed by atoms with Crippen molar-refractivity contribution in [2.24, 2.45) is 11.8 Å². The molecule has 4 unspecified atom stereocenters. The van der Waals surface area contributed by atoms with Crippen molar-refractivity contribution in [2.45, 2.75) is 25.0 Å². The van der Waals surface area contributed by atoms with Crippen LogP contribution in [0.3, 0.4) is 0 Å². The highest BCUT2D eigenvalue weighted by atomic mass is 16.3. The van der Waals surface area contributed by atoms with Crippen molar-refractivity contribution in [3.05, 3.63) is 0 Å². The van der Waals surface area contributed by atoms with Crippen LogP contribution in [0, 0.1) is 11.8 Å². The van der Waals surface area contributed by atoms with Gasteiger partial charge in [0.2, 0.25) is 0 Å². The summed E-state index contributed by atoms with van der Waals surface area (Å²) < 4.78 is 0. The predicted molar refractivity (Wildman–Crippen MR) is 28.9 cm³/mol. The lowest BCUT2D eigenvalue weighted by molar-refractivity contribution is -0.435. The number of hydrogen-bond acceptors (Lipinski definition) is 1. The molecule has 0 aromatic carbocycles. The zero-order valence-electron chi connectivity index (χ0n) is 4.88. The number of aliphatic hydroxyl groups excluding tert-OH is 1. The van der Waals surface area contributed by atoms with E-state index in [1.54, 1.807) is 0 Å². The first kappa shape index (κ1) is 4.77. The summed E-state index contributed by atoms with van der Waals surface area (Å²) in [5, 5.41) is 9.25. The van der Waals surface area contributed by atoms with Gasteiger partial charge in [0.05, 0.1) is 0 Å². The second kappa shape index (κ2) is 1.25. The van der Waals surface area contributed by atoms with Crippen LogP contribution in [-0.4, -0.2) is 17.3 Å². The summed E-state index contributed by atoms with van der Waals surface area (Å²) in [5.41, 5.74) is 3.85. The molecule has 4 N–H and O–H groups in total. The van der Waals surface area contributed by atoms with Crippen molar-refractivity contribution in [2.75, 3.05) is 0 Å². The summed E-state index contributed by atoms with van der Waals surface area (Å²) in [6.45, 7) is 0. The van der Waals surface area contributed by atoms with Gasteiger partial charge in [-0.15, -0.1) is 0 Å². The van der Waals surface area contributed by atoms with Crippen LogP contribution in [0.15, 0.2) is 0 Å². The molecule has 2 saturated carbocycles. The second-order valence-electron chi connectivity index (χ2n) is 3.15. The van der Waals surface area contributed by atoms with Gasteiger partial charge in [0.15, 0.2) is 0 Å². The Morgan fingerprint density at radius 1 is 1.38 bits per heavy atom. The Bertz CT molecular complexity index is 113. The molecule has 2 heteroatoms. The SMILES string of the molecule is [NH3+]C1CC2CC2C1O. The van der Waals surface area contributed by atoms with Gasteiger partial charge in [-0.2, -0.15) is 0 Å². The molecule has 2 aliphatic carbocycles. The summed E-state index contributed by atoms with van der Waals surface area (Å²) in [6, 6.07) is 0.346. The number of hydrogen-bond donors (Lipinski definition) is 2. The van der Waals surface area contributed by atoms with Crippen LogP contribution >= 0.6 is 0 Å². The summed E-state index contributed by atoms with van der Waals surface area (Å²) in [4.78, 5) is 0. The Morgan fingerprint density at radius 3 is 2.38 bits per heavy atom. The van der Waals surface area contributed by atoms with Crippen molar-refractivity contribution in [1.82, 2.24) is 0 Å². The van der Waals surface area contributed by atoms with Gasteiger partial charge in [0.1, 0.15) is 12.1 Å². The maximum Gasteiger partial charge on any atom is 0.111 e. The van der Waals surface area contributed by atoms with Gasteiger partial charge in [-0.05, 0) is 18.3 Å². The molecular formula is C6H12NO+. The Labute approximate surface area is 48.7 Å². The van der Waals surface area contributed by atoms with Crippen molar-refractivity contribution in [3.8, 4) is 0 Å². The fourth-order valence-corrected chi connectivity index (χ4v) is 1.84. The quantitative estimate of drug-likeness (QED) is 0.417.